The Bertz CT molecular complexity index is 2000. The molecule has 0 radical (unpaired) electrons. The summed E-state index contributed by atoms with van der Waals surface area (Å²) in [4.78, 5) is 65.4. The monoisotopic (exact) mass is 720 g/mol. The molecule has 3 aromatic carbocycles. The van der Waals surface area contributed by atoms with E-state index in [9.17, 15) is 29.4 Å². The standard InChI is InChI=1S/C35H41N6O9P/c1-23-21-40(34(43)37-33(23)42)32-19-30(50-51(47,41(45)46,38-39(2)3)18-17-24-11-5-4-6-12-24)31(49-32)20-36-35(44)48-22-29-27-15-9-7-13-25(27)26-14-8-10-16-28(26)29/h4-16,21,29-32,38,47H,17-20,22H2,1-3H3,(H,36,44)(H,37,42,43)/t30-,31+,32+/m0/s1. The van der Waals surface area contributed by atoms with Crippen LogP contribution in [0, 0.1) is 17.0 Å². The van der Waals surface area contributed by atoms with Crippen LogP contribution in [0.3, 0.4) is 0 Å². The van der Waals surface area contributed by atoms with E-state index in [4.69, 9.17) is 14.0 Å². The molecule has 0 saturated carbocycles. The van der Waals surface area contributed by atoms with Crippen LogP contribution in [0.15, 0.2) is 94.6 Å². The SMILES string of the molecule is Cc1cn([C@H]2C[C@H](OP(O)(CCc3ccccc3)(NN(C)C)[N+](=O)[O-])[C@@H](CNC(=O)OCC3c4ccccc4-c4ccccc43)O2)c(=O)[nH]c1=O. The zero-order chi connectivity index (χ0) is 36.4. The third kappa shape index (κ3) is 7.49. The van der Waals surface area contributed by atoms with E-state index in [2.05, 4.69) is 15.5 Å². The predicted molar refractivity (Wildman–Crippen MR) is 191 cm³/mol. The van der Waals surface area contributed by atoms with Gasteiger partial charge in [-0.05, 0) is 0 Å². The summed E-state index contributed by atoms with van der Waals surface area (Å²) in [6, 6.07) is 24.9. The molecule has 270 valence electrons. The normalized spacial score (nSPS) is 19.2. The van der Waals surface area contributed by atoms with Crippen LogP contribution in [-0.2, 0) is 20.4 Å². The molecule has 1 saturated heterocycles. The first-order valence-corrected chi connectivity index (χ1v) is 18.8. The zero-order valence-electron chi connectivity index (χ0n) is 28.4. The van der Waals surface area contributed by atoms with Crippen LogP contribution in [0.1, 0.15) is 40.8 Å². The van der Waals surface area contributed by atoms with Gasteiger partial charge in [0.15, 0.2) is 0 Å². The molecule has 3 atom stereocenters. The fourth-order valence-corrected chi connectivity index (χ4v) is 9.57. The molecule has 2 aliphatic rings. The van der Waals surface area contributed by atoms with Gasteiger partial charge in [-0.15, -0.1) is 0 Å². The number of hydrazine groups is 1. The van der Waals surface area contributed by atoms with Gasteiger partial charge in [0, 0.05) is 0 Å². The first-order valence-electron chi connectivity index (χ1n) is 16.5. The quantitative estimate of drug-likeness (QED) is 0.0892. The number of nitro groups is 1. The number of hydrogen-bond acceptors (Lipinski definition) is 11. The van der Waals surface area contributed by atoms with Gasteiger partial charge in [0.25, 0.3) is 0 Å². The van der Waals surface area contributed by atoms with Crippen LogP contribution in [0.2, 0.25) is 0 Å². The van der Waals surface area contributed by atoms with Gasteiger partial charge in [-0.1, -0.05) is 12.1 Å². The van der Waals surface area contributed by atoms with Crippen molar-refractivity contribution in [1.82, 2.24) is 25.1 Å². The van der Waals surface area contributed by atoms with Crippen molar-refractivity contribution in [3.8, 4) is 11.1 Å². The van der Waals surface area contributed by atoms with Crippen LogP contribution in [0.5, 0.6) is 0 Å². The number of amides is 1. The Hall–Kier alpha value is -4.76. The maximum atomic E-state index is 13.1. The number of rotatable bonds is 13. The van der Waals surface area contributed by atoms with Crippen molar-refractivity contribution in [1.29, 1.82) is 0 Å². The maximum absolute atomic E-state index is 13.1. The van der Waals surface area contributed by atoms with E-state index in [1.165, 1.54) is 32.2 Å². The zero-order valence-corrected chi connectivity index (χ0v) is 29.3. The first-order chi connectivity index (χ1) is 24.3. The van der Waals surface area contributed by atoms with Crippen LogP contribution >= 0.6 is 7.36 Å². The molecule has 1 fully saturated rings. The summed E-state index contributed by atoms with van der Waals surface area (Å²) in [5.74, 6) is -0.177. The second-order valence-electron chi connectivity index (χ2n) is 13.0. The van der Waals surface area contributed by atoms with Crippen LogP contribution in [0.25, 0.3) is 11.1 Å². The summed E-state index contributed by atoms with van der Waals surface area (Å²) < 4.78 is 18.4. The van der Waals surface area contributed by atoms with Crippen LogP contribution in [-0.4, -0.2) is 75.9 Å². The summed E-state index contributed by atoms with van der Waals surface area (Å²) in [5, 5.41) is 19.5. The van der Waals surface area contributed by atoms with Gasteiger partial charge in [0.05, 0.1) is 0 Å². The number of benzene rings is 3. The van der Waals surface area contributed by atoms with Crippen LogP contribution in [0.4, 0.5) is 4.79 Å². The molecule has 15 nitrogen and oxygen atoms in total. The number of aryl methyl sites for hydroxylation is 2. The number of carbonyl (C=O) groups is 1. The molecule has 1 amide bonds. The summed E-state index contributed by atoms with van der Waals surface area (Å²) >= 11 is 0. The van der Waals surface area contributed by atoms with Crippen molar-refractivity contribution < 1.29 is 28.4 Å². The molecule has 6 rings (SSSR count). The number of H-pyrrole nitrogens is 1. The summed E-state index contributed by atoms with van der Waals surface area (Å²) in [6.45, 7) is 1.34. The van der Waals surface area contributed by atoms with E-state index in [-0.39, 0.29) is 37.5 Å². The Morgan fingerprint density at radius 1 is 1.06 bits per heavy atom. The van der Waals surface area contributed by atoms with Crippen molar-refractivity contribution in [2.75, 3.05) is 33.4 Å². The molecule has 4 N–H and O–H groups in total. The van der Waals surface area contributed by atoms with E-state index in [1.807, 2.05) is 54.6 Å². The number of carbonyl (C=O) groups excluding carboxylic acids is 1. The van der Waals surface area contributed by atoms with E-state index in [0.29, 0.717) is 0 Å². The summed E-state index contributed by atoms with van der Waals surface area (Å²) in [6.07, 6.45) is -3.18. The second-order valence-corrected chi connectivity index (χ2v) is 16.4. The van der Waals surface area contributed by atoms with Gasteiger partial charge in [-0.2, -0.15) is 0 Å². The van der Waals surface area contributed by atoms with E-state index < -0.39 is 54.0 Å². The summed E-state index contributed by atoms with van der Waals surface area (Å²) in [7, 11) is -2.53. The molecule has 16 heteroatoms. The predicted octanol–water partition coefficient (Wildman–Crippen LogP) is 3.85. The Kier molecular flexibility index (Phi) is 10.2. The third-order valence-electron chi connectivity index (χ3n) is 9.17. The number of aromatic nitrogens is 2. The minimum absolute atomic E-state index is 0.0564. The molecular weight excluding hydrogens is 679 g/mol. The van der Waals surface area contributed by atoms with Crippen molar-refractivity contribution >= 4 is 13.5 Å². The second kappa shape index (κ2) is 14.5. The molecule has 1 aliphatic carbocycles. The molecule has 1 aromatic heterocycles. The number of ether oxygens (including phenoxy) is 2. The molecule has 0 unspecified atom stereocenters. The third-order valence-corrected chi connectivity index (χ3v) is 12.4. The van der Waals surface area contributed by atoms with Gasteiger partial charge in [-0.25, -0.2) is 0 Å². The molecular formula is C35H41N6O9P. The Labute approximate surface area is 293 Å². The van der Waals surface area contributed by atoms with E-state index in [1.54, 1.807) is 24.3 Å². The van der Waals surface area contributed by atoms with Gasteiger partial charge in [0.1, 0.15) is 0 Å². The number of alkyl carbamates (subject to hydrolysis) is 1. The average Bonchev–Trinajstić information content (AvgIpc) is 3.65. The number of nitrogens with zero attached hydrogens (tertiary/aromatic N) is 3. The molecule has 2 heterocycles. The van der Waals surface area contributed by atoms with Gasteiger partial charge in [0.2, 0.25) is 0 Å². The molecule has 51 heavy (non-hydrogen) atoms. The topological polar surface area (TPSA) is 190 Å². The van der Waals surface area contributed by atoms with Crippen molar-refractivity contribution in [3.63, 3.8) is 0 Å². The Morgan fingerprint density at radius 3 is 2.31 bits per heavy atom. The number of hydrogen-bond donors (Lipinski definition) is 4. The number of nitrogens with one attached hydrogen (secondary N) is 3. The molecule has 0 spiro atoms. The molecule has 1 aliphatic heterocycles. The number of aromatic amines is 1. The first kappa shape index (κ1) is 36.0. The van der Waals surface area contributed by atoms with E-state index in [0.717, 1.165) is 32.4 Å². The summed E-state index contributed by atoms with van der Waals surface area (Å²) in [5.41, 5.74) is 3.90. The van der Waals surface area contributed by atoms with Crippen molar-refractivity contribution in [2.45, 2.75) is 44.1 Å². The van der Waals surface area contributed by atoms with Gasteiger partial charge >= 0.3 is 282 Å². The van der Waals surface area contributed by atoms with E-state index >= 15 is 0 Å². The average molecular weight is 721 g/mol. The van der Waals surface area contributed by atoms with Gasteiger partial charge in [-0.3, -0.25) is 0 Å². The van der Waals surface area contributed by atoms with Crippen molar-refractivity contribution in [2.24, 2.45) is 0 Å². The van der Waals surface area contributed by atoms with Crippen LogP contribution < -0.4 is 21.8 Å². The molecule has 0 bridgehead atoms. The fourth-order valence-electron chi connectivity index (χ4n) is 6.74. The minimum atomic E-state index is -5.53. The Morgan fingerprint density at radius 2 is 1.69 bits per heavy atom. The van der Waals surface area contributed by atoms with Crippen molar-refractivity contribution in [3.05, 3.63) is 138 Å². The number of fused-ring (bicyclic) bond motifs is 3. The van der Waals surface area contributed by atoms with Gasteiger partial charge < -0.3 is 0 Å². The molecule has 4 aromatic rings. The fraction of sp³-hybridized carbons (Fsp3) is 0.343. The Balaban J connectivity index is 1.23.